The van der Waals surface area contributed by atoms with E-state index in [-0.39, 0.29) is 24.3 Å². The molecule has 0 radical (unpaired) electrons. The summed E-state index contributed by atoms with van der Waals surface area (Å²) in [5.74, 6) is -0.376. The van der Waals surface area contributed by atoms with Gasteiger partial charge in [-0.15, -0.1) is 0 Å². The molecule has 4 rings (SSSR count). The van der Waals surface area contributed by atoms with Crippen LogP contribution in [0.15, 0.2) is 54.6 Å². The third kappa shape index (κ3) is 3.68. The van der Waals surface area contributed by atoms with Crippen LogP contribution in [0.3, 0.4) is 0 Å². The van der Waals surface area contributed by atoms with Crippen molar-refractivity contribution in [2.24, 2.45) is 0 Å². The van der Waals surface area contributed by atoms with E-state index in [1.807, 2.05) is 61.5 Å². The van der Waals surface area contributed by atoms with Gasteiger partial charge in [0.05, 0.1) is 16.8 Å². The summed E-state index contributed by atoms with van der Waals surface area (Å²) in [5.41, 5.74) is 14.7. The number of ether oxygens (including phenoxy) is 1. The molecule has 0 saturated heterocycles. The number of pyridine rings is 1. The number of carbonyl (C=O) groups excluding carboxylic acids is 1. The second kappa shape index (κ2) is 7.51. The average molecular weight is 386 g/mol. The van der Waals surface area contributed by atoms with Crippen molar-refractivity contribution >= 4 is 28.8 Å². The van der Waals surface area contributed by atoms with Crippen molar-refractivity contribution in [2.75, 3.05) is 11.5 Å². The van der Waals surface area contributed by atoms with Crippen molar-refractivity contribution in [2.45, 2.75) is 13.5 Å². The number of para-hydroxylation sites is 1. The fourth-order valence-electron chi connectivity index (χ4n) is 3.17. The van der Waals surface area contributed by atoms with Crippen LogP contribution < -0.4 is 11.5 Å². The Morgan fingerprint density at radius 3 is 2.28 bits per heavy atom. The molecule has 0 saturated carbocycles. The number of hydrogen-bond donors (Lipinski definition) is 2. The highest BCUT2D eigenvalue weighted by atomic mass is 16.5. The molecule has 0 aliphatic rings. The van der Waals surface area contributed by atoms with E-state index >= 15 is 0 Å². The number of carbonyl (C=O) groups is 1. The second-order valence-corrected chi connectivity index (χ2v) is 6.39. The molecule has 0 atom stereocenters. The molecule has 0 unspecified atom stereocenters. The maximum atomic E-state index is 13.0. The van der Waals surface area contributed by atoms with Crippen LogP contribution in [0.5, 0.6) is 0 Å². The van der Waals surface area contributed by atoms with Crippen LogP contribution in [0.4, 0.5) is 11.9 Å². The van der Waals surface area contributed by atoms with Gasteiger partial charge in [0.15, 0.2) is 12.4 Å². The van der Waals surface area contributed by atoms with Crippen LogP contribution in [0.2, 0.25) is 0 Å². The Kier molecular flexibility index (Phi) is 4.74. The van der Waals surface area contributed by atoms with Gasteiger partial charge in [0.1, 0.15) is 0 Å². The zero-order chi connectivity index (χ0) is 20.4. The molecule has 2 aromatic carbocycles. The van der Waals surface area contributed by atoms with E-state index in [1.54, 1.807) is 0 Å². The molecule has 4 aromatic rings. The summed E-state index contributed by atoms with van der Waals surface area (Å²) in [7, 11) is 0. The molecule has 0 amide bonds. The molecule has 0 spiro atoms. The van der Waals surface area contributed by atoms with Crippen LogP contribution >= 0.6 is 0 Å². The van der Waals surface area contributed by atoms with E-state index < -0.39 is 5.97 Å². The van der Waals surface area contributed by atoms with Gasteiger partial charge in [-0.05, 0) is 18.6 Å². The molecule has 0 bridgehead atoms. The summed E-state index contributed by atoms with van der Waals surface area (Å²) < 4.78 is 5.47. The first kappa shape index (κ1) is 18.3. The van der Waals surface area contributed by atoms with Crippen molar-refractivity contribution < 1.29 is 9.53 Å². The van der Waals surface area contributed by atoms with Crippen molar-refractivity contribution in [1.29, 1.82) is 0 Å². The number of hydrogen-bond acceptors (Lipinski definition) is 8. The van der Waals surface area contributed by atoms with Gasteiger partial charge in [-0.2, -0.15) is 15.0 Å². The Balaban J connectivity index is 1.75. The van der Waals surface area contributed by atoms with Gasteiger partial charge in [0.25, 0.3) is 0 Å². The third-order valence-electron chi connectivity index (χ3n) is 4.44. The van der Waals surface area contributed by atoms with Crippen LogP contribution in [0.25, 0.3) is 22.2 Å². The number of rotatable bonds is 4. The molecule has 144 valence electrons. The number of fused-ring (bicyclic) bond motifs is 1. The number of benzene rings is 2. The van der Waals surface area contributed by atoms with Gasteiger partial charge in [-0.1, -0.05) is 48.5 Å². The summed E-state index contributed by atoms with van der Waals surface area (Å²) in [4.78, 5) is 29.4. The number of anilines is 2. The Hall–Kier alpha value is -4.07. The van der Waals surface area contributed by atoms with Gasteiger partial charge in [-0.3, -0.25) is 0 Å². The molecule has 0 aliphatic carbocycles. The minimum absolute atomic E-state index is 0.0274. The lowest BCUT2D eigenvalue weighted by molar-refractivity contribution is 0.0463. The molecular weight excluding hydrogens is 368 g/mol. The van der Waals surface area contributed by atoms with Gasteiger partial charge in [0.2, 0.25) is 11.9 Å². The van der Waals surface area contributed by atoms with E-state index in [0.717, 1.165) is 16.8 Å². The Morgan fingerprint density at radius 1 is 0.897 bits per heavy atom. The Morgan fingerprint density at radius 2 is 1.55 bits per heavy atom. The molecule has 2 heterocycles. The summed E-state index contributed by atoms with van der Waals surface area (Å²) >= 11 is 0. The quantitative estimate of drug-likeness (QED) is 0.512. The standard InChI is InChI=1S/C21H18N6O2/c1-12-17(19(28)29-11-16-25-20(22)27-21(23)26-16)14-9-5-6-10-15(14)24-18(12)13-7-3-2-4-8-13/h2-10H,11H2,1H3,(H4,22,23,25,26,27). The summed E-state index contributed by atoms with van der Waals surface area (Å²) in [6.07, 6.45) is 0. The predicted molar refractivity (Wildman–Crippen MR) is 110 cm³/mol. The predicted octanol–water partition coefficient (Wildman–Crippen LogP) is 2.92. The summed E-state index contributed by atoms with van der Waals surface area (Å²) in [5, 5.41) is 0.712. The fourth-order valence-corrected chi connectivity index (χ4v) is 3.17. The maximum Gasteiger partial charge on any atom is 0.339 e. The number of aromatic nitrogens is 4. The normalized spacial score (nSPS) is 10.8. The highest BCUT2D eigenvalue weighted by Gasteiger charge is 2.20. The second-order valence-electron chi connectivity index (χ2n) is 6.39. The van der Waals surface area contributed by atoms with E-state index in [0.29, 0.717) is 16.5 Å². The minimum atomic E-state index is -0.504. The number of nitrogens with two attached hydrogens (primary N) is 2. The minimum Gasteiger partial charge on any atom is -0.454 e. The molecule has 8 heteroatoms. The lowest BCUT2D eigenvalue weighted by Gasteiger charge is -2.14. The Bertz CT molecular complexity index is 1190. The molecule has 0 fully saturated rings. The first-order chi connectivity index (χ1) is 14.0. The average Bonchev–Trinajstić information content (AvgIpc) is 2.71. The molecule has 8 nitrogen and oxygen atoms in total. The Labute approximate surface area is 166 Å². The first-order valence-electron chi connectivity index (χ1n) is 8.90. The largest absolute Gasteiger partial charge is 0.454 e. The van der Waals surface area contributed by atoms with E-state index in [4.69, 9.17) is 21.2 Å². The topological polar surface area (TPSA) is 130 Å². The van der Waals surface area contributed by atoms with E-state index in [9.17, 15) is 4.79 Å². The molecule has 0 aliphatic heterocycles. The lowest BCUT2D eigenvalue weighted by Crippen LogP contribution is -2.13. The molecule has 29 heavy (non-hydrogen) atoms. The van der Waals surface area contributed by atoms with Crippen molar-refractivity contribution in [3.8, 4) is 11.3 Å². The van der Waals surface area contributed by atoms with Crippen molar-refractivity contribution in [3.63, 3.8) is 0 Å². The smallest absolute Gasteiger partial charge is 0.339 e. The van der Waals surface area contributed by atoms with E-state index in [1.165, 1.54) is 0 Å². The van der Waals surface area contributed by atoms with Crippen LogP contribution in [-0.4, -0.2) is 25.9 Å². The highest BCUT2D eigenvalue weighted by Crippen LogP contribution is 2.30. The summed E-state index contributed by atoms with van der Waals surface area (Å²) in [6.45, 7) is 1.68. The zero-order valence-electron chi connectivity index (χ0n) is 15.7. The van der Waals surface area contributed by atoms with Gasteiger partial charge in [0, 0.05) is 10.9 Å². The molecule has 2 aromatic heterocycles. The van der Waals surface area contributed by atoms with Gasteiger partial charge in [-0.25, -0.2) is 9.78 Å². The summed E-state index contributed by atoms with van der Waals surface area (Å²) in [6, 6.07) is 17.1. The van der Waals surface area contributed by atoms with Crippen LogP contribution in [0.1, 0.15) is 21.7 Å². The lowest BCUT2D eigenvalue weighted by atomic mass is 9.98. The van der Waals surface area contributed by atoms with E-state index in [2.05, 4.69) is 15.0 Å². The van der Waals surface area contributed by atoms with Gasteiger partial charge >= 0.3 is 5.97 Å². The number of nitrogen functional groups attached to an aromatic ring is 2. The number of esters is 1. The maximum absolute atomic E-state index is 13.0. The van der Waals surface area contributed by atoms with Crippen LogP contribution in [-0.2, 0) is 11.3 Å². The zero-order valence-corrected chi connectivity index (χ0v) is 15.7. The van der Waals surface area contributed by atoms with Crippen molar-refractivity contribution in [1.82, 2.24) is 19.9 Å². The fraction of sp³-hybridized carbons (Fsp3) is 0.0952. The SMILES string of the molecule is Cc1c(-c2ccccc2)nc2ccccc2c1C(=O)OCc1nc(N)nc(N)n1. The van der Waals surface area contributed by atoms with Crippen molar-refractivity contribution in [3.05, 3.63) is 71.5 Å². The van der Waals surface area contributed by atoms with Gasteiger partial charge < -0.3 is 16.2 Å². The highest BCUT2D eigenvalue weighted by molar-refractivity contribution is 6.06. The number of nitrogens with zero attached hydrogens (tertiary/aromatic N) is 4. The van der Waals surface area contributed by atoms with Crippen LogP contribution in [0, 0.1) is 6.92 Å². The molecule has 4 N–H and O–H groups in total. The first-order valence-corrected chi connectivity index (χ1v) is 8.90. The monoisotopic (exact) mass is 386 g/mol. The molecular formula is C21H18N6O2. The third-order valence-corrected chi connectivity index (χ3v) is 4.44.